The molecule has 0 radical (unpaired) electrons. The number of rotatable bonds is 6. The molecule has 0 saturated carbocycles. The molecule has 26 heavy (non-hydrogen) atoms. The second-order valence-corrected chi connectivity index (χ2v) is 7.59. The fourth-order valence-corrected chi connectivity index (χ4v) is 3.80. The number of nitrogens with zero attached hydrogens (tertiary/aromatic N) is 2. The molecule has 2 N–H and O–H groups in total. The summed E-state index contributed by atoms with van der Waals surface area (Å²) in [5.41, 5.74) is 2.02. The third-order valence-corrected chi connectivity index (χ3v) is 5.29. The molecule has 1 saturated heterocycles. The van der Waals surface area contributed by atoms with Crippen molar-refractivity contribution in [2.75, 3.05) is 38.7 Å². The monoisotopic (exact) mass is 376 g/mol. The van der Waals surface area contributed by atoms with Crippen molar-refractivity contribution in [3.8, 4) is 0 Å². The number of ether oxygens (including phenoxy) is 1. The third kappa shape index (κ3) is 5.00. The highest BCUT2D eigenvalue weighted by atomic mass is 32.1. The van der Waals surface area contributed by atoms with E-state index >= 15 is 0 Å². The number of thiazole rings is 1. The van der Waals surface area contributed by atoms with Crippen molar-refractivity contribution in [1.82, 2.24) is 15.2 Å². The summed E-state index contributed by atoms with van der Waals surface area (Å²) >= 11 is 1.43. The lowest BCUT2D eigenvalue weighted by atomic mass is 10.1. The molecule has 1 aromatic heterocycles. The molecule has 0 unspecified atom stereocenters. The van der Waals surface area contributed by atoms with Gasteiger partial charge in [-0.1, -0.05) is 17.4 Å². The van der Waals surface area contributed by atoms with Crippen molar-refractivity contribution in [2.45, 2.75) is 25.8 Å². The largest absolute Gasteiger partial charge is 0.381 e. The van der Waals surface area contributed by atoms with Gasteiger partial charge >= 0.3 is 0 Å². The minimum atomic E-state index is -0.248. The van der Waals surface area contributed by atoms with Gasteiger partial charge in [0.15, 0.2) is 5.13 Å². The van der Waals surface area contributed by atoms with Crippen molar-refractivity contribution in [1.29, 1.82) is 0 Å². The van der Waals surface area contributed by atoms with Gasteiger partial charge in [-0.25, -0.2) is 4.98 Å². The average molecular weight is 376 g/mol. The highest BCUT2D eigenvalue weighted by molar-refractivity contribution is 7.22. The first-order chi connectivity index (χ1) is 12.5. The van der Waals surface area contributed by atoms with Crippen molar-refractivity contribution < 1.29 is 14.3 Å². The molecule has 140 valence electrons. The van der Waals surface area contributed by atoms with Crippen LogP contribution in [0, 0.1) is 6.92 Å². The van der Waals surface area contributed by atoms with E-state index in [9.17, 15) is 9.59 Å². The van der Waals surface area contributed by atoms with Gasteiger partial charge in [0.25, 0.3) is 0 Å². The minimum absolute atomic E-state index is 0.00322. The summed E-state index contributed by atoms with van der Waals surface area (Å²) in [5, 5.41) is 6.57. The molecule has 8 heteroatoms. The summed E-state index contributed by atoms with van der Waals surface area (Å²) in [6.45, 7) is 3.71. The summed E-state index contributed by atoms with van der Waals surface area (Å²) in [6, 6.07) is 6.28. The first-order valence-corrected chi connectivity index (χ1v) is 9.55. The number of hydrogen-bond acceptors (Lipinski definition) is 6. The van der Waals surface area contributed by atoms with Crippen LogP contribution in [0.15, 0.2) is 18.2 Å². The molecule has 7 nitrogen and oxygen atoms in total. The van der Waals surface area contributed by atoms with Crippen molar-refractivity contribution in [2.24, 2.45) is 0 Å². The first-order valence-electron chi connectivity index (χ1n) is 8.73. The number of anilines is 1. The topological polar surface area (TPSA) is 83.6 Å². The standard InChI is InChI=1S/C18H24N4O3S/c1-12-3-4-14-15(9-12)26-18(20-14)21-16(23)11-22(2)17(24)10-19-13-5-7-25-8-6-13/h3-4,9,13,19H,5-8,10-11H2,1-2H3,(H,20,21,23). The third-order valence-electron chi connectivity index (χ3n) is 4.36. The fraction of sp³-hybridized carbons (Fsp3) is 0.500. The van der Waals surface area contributed by atoms with Crippen molar-refractivity contribution in [3.05, 3.63) is 23.8 Å². The maximum atomic E-state index is 12.2. The Morgan fingerprint density at radius 1 is 1.35 bits per heavy atom. The molecule has 2 amide bonds. The van der Waals surface area contributed by atoms with Crippen LogP contribution >= 0.6 is 11.3 Å². The Labute approximate surface area is 156 Å². The van der Waals surface area contributed by atoms with Crippen LogP contribution in [0.5, 0.6) is 0 Å². The van der Waals surface area contributed by atoms with Gasteiger partial charge in [0.2, 0.25) is 11.8 Å². The number of carbonyl (C=O) groups excluding carboxylic acids is 2. The van der Waals surface area contributed by atoms with Crippen LogP contribution in [-0.4, -0.2) is 61.1 Å². The highest BCUT2D eigenvalue weighted by Gasteiger charge is 2.18. The fourth-order valence-electron chi connectivity index (χ4n) is 2.82. The summed E-state index contributed by atoms with van der Waals surface area (Å²) in [6.07, 6.45) is 1.82. The molecule has 0 bridgehead atoms. The van der Waals surface area contributed by atoms with Gasteiger partial charge in [-0.2, -0.15) is 0 Å². The predicted octanol–water partition coefficient (Wildman–Crippen LogP) is 1.77. The Bertz CT molecular complexity index is 786. The molecule has 1 aromatic carbocycles. The number of aromatic nitrogens is 1. The summed E-state index contributed by atoms with van der Waals surface area (Å²) < 4.78 is 6.33. The van der Waals surface area contributed by atoms with E-state index in [-0.39, 0.29) is 24.9 Å². The number of amides is 2. The molecule has 1 aliphatic heterocycles. The quantitative estimate of drug-likeness (QED) is 0.803. The molecule has 3 rings (SSSR count). The lowest BCUT2D eigenvalue weighted by Crippen LogP contribution is -2.44. The van der Waals surface area contributed by atoms with Crippen LogP contribution in [0.25, 0.3) is 10.2 Å². The van der Waals surface area contributed by atoms with Gasteiger partial charge in [0, 0.05) is 26.3 Å². The smallest absolute Gasteiger partial charge is 0.245 e. The lowest BCUT2D eigenvalue weighted by Gasteiger charge is -2.24. The molecule has 2 aromatic rings. The van der Waals surface area contributed by atoms with E-state index in [4.69, 9.17) is 4.74 Å². The van der Waals surface area contributed by atoms with E-state index in [1.165, 1.54) is 16.2 Å². The number of carbonyl (C=O) groups is 2. The normalized spacial score (nSPS) is 15.2. The molecular formula is C18H24N4O3S. The maximum Gasteiger partial charge on any atom is 0.245 e. The Kier molecular flexibility index (Phi) is 6.18. The molecule has 0 spiro atoms. The van der Waals surface area contributed by atoms with Crippen LogP contribution in [0.2, 0.25) is 0 Å². The van der Waals surface area contributed by atoms with Gasteiger partial charge in [-0.05, 0) is 37.5 Å². The number of benzene rings is 1. The van der Waals surface area contributed by atoms with Crippen LogP contribution in [0.3, 0.4) is 0 Å². The molecule has 0 aliphatic carbocycles. The zero-order valence-corrected chi connectivity index (χ0v) is 15.9. The molecule has 1 aliphatic rings. The van der Waals surface area contributed by atoms with E-state index in [1.54, 1.807) is 7.05 Å². The van der Waals surface area contributed by atoms with E-state index in [0.29, 0.717) is 11.2 Å². The SMILES string of the molecule is Cc1ccc2nc(NC(=O)CN(C)C(=O)CNC3CCOCC3)sc2c1. The van der Waals surface area contributed by atoms with Crippen LogP contribution in [-0.2, 0) is 14.3 Å². The molecular weight excluding hydrogens is 352 g/mol. The van der Waals surface area contributed by atoms with Crippen molar-refractivity contribution in [3.63, 3.8) is 0 Å². The second-order valence-electron chi connectivity index (χ2n) is 6.56. The number of fused-ring (bicyclic) bond motifs is 1. The van der Waals surface area contributed by atoms with Crippen molar-refractivity contribution >= 4 is 38.5 Å². The Morgan fingerprint density at radius 2 is 2.12 bits per heavy atom. The summed E-state index contributed by atoms with van der Waals surface area (Å²) in [4.78, 5) is 30.2. The van der Waals surface area contributed by atoms with E-state index in [2.05, 4.69) is 15.6 Å². The maximum absolute atomic E-state index is 12.2. The van der Waals surface area contributed by atoms with Crippen LogP contribution in [0.1, 0.15) is 18.4 Å². The zero-order chi connectivity index (χ0) is 18.5. The van der Waals surface area contributed by atoms with E-state index < -0.39 is 0 Å². The van der Waals surface area contributed by atoms with Gasteiger partial charge in [0.1, 0.15) is 0 Å². The molecule has 0 atom stereocenters. The highest BCUT2D eigenvalue weighted by Crippen LogP contribution is 2.26. The van der Waals surface area contributed by atoms with Gasteiger partial charge < -0.3 is 20.3 Å². The van der Waals surface area contributed by atoms with Crippen LogP contribution in [0.4, 0.5) is 5.13 Å². The van der Waals surface area contributed by atoms with Gasteiger partial charge in [-0.3, -0.25) is 9.59 Å². The average Bonchev–Trinajstić information content (AvgIpc) is 3.01. The van der Waals surface area contributed by atoms with Gasteiger partial charge in [0.05, 0.1) is 23.3 Å². The lowest BCUT2D eigenvalue weighted by molar-refractivity contribution is -0.132. The Hall–Kier alpha value is -2.03. The Balaban J connectivity index is 1.47. The predicted molar refractivity (Wildman–Crippen MR) is 102 cm³/mol. The molecule has 2 heterocycles. The summed E-state index contributed by atoms with van der Waals surface area (Å²) in [7, 11) is 1.63. The van der Waals surface area contributed by atoms with E-state index in [1.807, 2.05) is 25.1 Å². The number of hydrogen-bond donors (Lipinski definition) is 2. The second kappa shape index (κ2) is 8.57. The van der Waals surface area contributed by atoms with Gasteiger partial charge in [-0.15, -0.1) is 0 Å². The van der Waals surface area contributed by atoms with E-state index in [0.717, 1.165) is 41.8 Å². The molecule has 1 fully saturated rings. The number of nitrogens with one attached hydrogen (secondary N) is 2. The number of likely N-dealkylation sites (N-methyl/N-ethyl adjacent to an activating group) is 1. The van der Waals surface area contributed by atoms with Crippen LogP contribution < -0.4 is 10.6 Å². The Morgan fingerprint density at radius 3 is 2.88 bits per heavy atom. The zero-order valence-electron chi connectivity index (χ0n) is 15.1. The number of aryl methyl sites for hydroxylation is 1. The minimum Gasteiger partial charge on any atom is -0.381 e. The first kappa shape index (κ1) is 18.8. The summed E-state index contributed by atoms with van der Waals surface area (Å²) in [5.74, 6) is -0.353.